The minimum atomic E-state index is -0.391. The third-order valence-corrected chi connectivity index (χ3v) is 7.71. The van der Waals surface area contributed by atoms with Crippen LogP contribution in [0.4, 0.5) is 5.69 Å². The first-order valence-corrected chi connectivity index (χ1v) is 12.0. The minimum Gasteiger partial charge on any atom is -0.287 e. The average molecular weight is 454 g/mol. The molecule has 0 N–H and O–H groups in total. The lowest BCUT2D eigenvalue weighted by molar-refractivity contribution is -0.123. The Hall–Kier alpha value is -3.35. The number of hydrogen-bond acceptors (Lipinski definition) is 5. The Morgan fingerprint density at radius 2 is 1.76 bits per heavy atom. The third kappa shape index (κ3) is 3.56. The highest BCUT2D eigenvalue weighted by Crippen LogP contribution is 2.33. The van der Waals surface area contributed by atoms with Crippen molar-refractivity contribution in [1.82, 2.24) is 9.88 Å². The quantitative estimate of drug-likeness (QED) is 0.412. The van der Waals surface area contributed by atoms with E-state index in [9.17, 15) is 9.59 Å². The molecule has 4 aromatic rings. The molecule has 2 aliphatic heterocycles. The Kier molecular flexibility index (Phi) is 4.85. The minimum absolute atomic E-state index is 0.123. The average Bonchev–Trinajstić information content (AvgIpc) is 3.38. The van der Waals surface area contributed by atoms with Crippen LogP contribution < -0.4 is 4.90 Å². The molecule has 3 heterocycles. The van der Waals surface area contributed by atoms with Crippen molar-refractivity contribution in [3.63, 3.8) is 0 Å². The van der Waals surface area contributed by atoms with E-state index in [-0.39, 0.29) is 18.2 Å². The maximum Gasteiger partial charge on any atom is 0.251 e. The van der Waals surface area contributed by atoms with Crippen molar-refractivity contribution in [2.75, 3.05) is 11.4 Å². The Labute approximate surface area is 196 Å². The standard InChI is InChI=1S/C27H23N3O2S/c1-17-6-11-22-24(14-17)33-26(28-22)19-7-9-21(10-8-19)30-25(31)15-23(27(30)32)29-13-12-18-4-2-3-5-20(18)16-29/h2-11,14,23H,12-13,15-16H2,1H3/t23-/m1/s1. The van der Waals surface area contributed by atoms with E-state index in [0.29, 0.717) is 12.2 Å². The summed E-state index contributed by atoms with van der Waals surface area (Å²) in [6.07, 6.45) is 1.14. The summed E-state index contributed by atoms with van der Waals surface area (Å²) in [4.78, 5) is 34.4. The van der Waals surface area contributed by atoms with Crippen LogP contribution in [0.25, 0.3) is 20.8 Å². The molecule has 33 heavy (non-hydrogen) atoms. The van der Waals surface area contributed by atoms with Gasteiger partial charge in [0.2, 0.25) is 5.91 Å². The van der Waals surface area contributed by atoms with E-state index < -0.39 is 6.04 Å². The predicted octanol–water partition coefficient (Wildman–Crippen LogP) is 4.96. The molecule has 6 rings (SSSR count). The van der Waals surface area contributed by atoms with Gasteiger partial charge in [0, 0.05) is 18.7 Å². The molecule has 1 fully saturated rings. The highest BCUT2D eigenvalue weighted by Gasteiger charge is 2.43. The summed E-state index contributed by atoms with van der Waals surface area (Å²) >= 11 is 1.65. The van der Waals surface area contributed by atoms with Gasteiger partial charge >= 0.3 is 0 Å². The number of aromatic nitrogens is 1. The molecule has 5 nitrogen and oxygen atoms in total. The van der Waals surface area contributed by atoms with Crippen molar-refractivity contribution < 1.29 is 9.59 Å². The van der Waals surface area contributed by atoms with Crippen molar-refractivity contribution in [3.8, 4) is 10.6 Å². The first-order valence-electron chi connectivity index (χ1n) is 11.2. The van der Waals surface area contributed by atoms with Gasteiger partial charge in [-0.15, -0.1) is 11.3 Å². The number of carbonyl (C=O) groups is 2. The largest absolute Gasteiger partial charge is 0.287 e. The molecule has 0 saturated carbocycles. The number of imide groups is 1. The Bertz CT molecular complexity index is 1390. The van der Waals surface area contributed by atoms with Crippen molar-refractivity contribution in [1.29, 1.82) is 0 Å². The number of carbonyl (C=O) groups excluding carboxylic acids is 2. The fourth-order valence-electron chi connectivity index (χ4n) is 4.86. The predicted molar refractivity (Wildman–Crippen MR) is 131 cm³/mol. The van der Waals surface area contributed by atoms with Crippen molar-refractivity contribution in [2.24, 2.45) is 0 Å². The van der Waals surface area contributed by atoms with E-state index in [4.69, 9.17) is 4.98 Å². The van der Waals surface area contributed by atoms with Crippen LogP contribution in [0.2, 0.25) is 0 Å². The van der Waals surface area contributed by atoms with Crippen LogP contribution in [-0.4, -0.2) is 34.3 Å². The van der Waals surface area contributed by atoms with E-state index in [1.54, 1.807) is 11.3 Å². The molecule has 1 aromatic heterocycles. The van der Waals surface area contributed by atoms with Gasteiger partial charge < -0.3 is 0 Å². The number of aryl methyl sites for hydroxylation is 1. The molecule has 0 aliphatic carbocycles. The van der Waals surface area contributed by atoms with Crippen LogP contribution in [0.15, 0.2) is 66.7 Å². The lowest BCUT2D eigenvalue weighted by Gasteiger charge is -2.32. The molecule has 0 bridgehead atoms. The summed E-state index contributed by atoms with van der Waals surface area (Å²) in [6, 6.07) is 21.8. The van der Waals surface area contributed by atoms with Gasteiger partial charge in [-0.1, -0.05) is 30.3 Å². The SMILES string of the molecule is Cc1ccc2nc(-c3ccc(N4C(=O)C[C@@H](N5CCc6ccccc6C5)C4=O)cc3)sc2c1. The van der Waals surface area contributed by atoms with E-state index >= 15 is 0 Å². The molecular weight excluding hydrogens is 430 g/mol. The van der Waals surface area contributed by atoms with Crippen LogP contribution in [-0.2, 0) is 22.6 Å². The van der Waals surface area contributed by atoms with Gasteiger partial charge in [0.1, 0.15) is 5.01 Å². The van der Waals surface area contributed by atoms with Crippen LogP contribution in [0, 0.1) is 6.92 Å². The second-order valence-corrected chi connectivity index (χ2v) is 9.84. The van der Waals surface area contributed by atoms with E-state index in [1.165, 1.54) is 21.6 Å². The van der Waals surface area contributed by atoms with Crippen molar-refractivity contribution in [3.05, 3.63) is 83.4 Å². The Morgan fingerprint density at radius 3 is 2.58 bits per heavy atom. The molecule has 1 atom stereocenters. The van der Waals surface area contributed by atoms with Crippen molar-refractivity contribution >= 4 is 39.1 Å². The monoisotopic (exact) mass is 453 g/mol. The summed E-state index contributed by atoms with van der Waals surface area (Å²) < 4.78 is 1.16. The molecule has 0 radical (unpaired) electrons. The van der Waals surface area contributed by atoms with Gasteiger partial charge in [0.25, 0.3) is 5.91 Å². The van der Waals surface area contributed by atoms with Gasteiger partial charge in [-0.25, -0.2) is 9.88 Å². The molecular formula is C27H23N3O2S. The van der Waals surface area contributed by atoms with E-state index in [2.05, 4.69) is 42.2 Å². The summed E-state index contributed by atoms with van der Waals surface area (Å²) in [7, 11) is 0. The Balaban J connectivity index is 1.23. The fourth-order valence-corrected chi connectivity index (χ4v) is 5.93. The summed E-state index contributed by atoms with van der Waals surface area (Å²) in [5.41, 5.74) is 6.40. The summed E-state index contributed by atoms with van der Waals surface area (Å²) in [5, 5.41) is 0.936. The van der Waals surface area contributed by atoms with Crippen molar-refractivity contribution in [2.45, 2.75) is 32.4 Å². The Morgan fingerprint density at radius 1 is 0.970 bits per heavy atom. The second kappa shape index (κ2) is 7.90. The lowest BCUT2D eigenvalue weighted by Crippen LogP contribution is -2.44. The number of amides is 2. The van der Waals surface area contributed by atoms with Crippen LogP contribution in [0.1, 0.15) is 23.1 Å². The normalized spacial score (nSPS) is 18.8. The number of anilines is 1. The van der Waals surface area contributed by atoms with Gasteiger partial charge in [0.05, 0.1) is 28.4 Å². The summed E-state index contributed by atoms with van der Waals surface area (Å²) in [6.45, 7) is 3.59. The van der Waals surface area contributed by atoms with E-state index in [1.807, 2.05) is 36.4 Å². The van der Waals surface area contributed by atoms with Gasteiger partial charge in [-0.2, -0.15) is 0 Å². The molecule has 0 spiro atoms. The molecule has 0 unspecified atom stereocenters. The maximum atomic E-state index is 13.3. The zero-order chi connectivity index (χ0) is 22.5. The number of thiazole rings is 1. The number of benzene rings is 3. The number of hydrogen-bond donors (Lipinski definition) is 0. The number of nitrogens with zero attached hydrogens (tertiary/aromatic N) is 3. The number of rotatable bonds is 3. The first-order chi connectivity index (χ1) is 16.1. The second-order valence-electron chi connectivity index (χ2n) is 8.81. The molecule has 3 aromatic carbocycles. The van der Waals surface area contributed by atoms with E-state index in [0.717, 1.165) is 33.8 Å². The third-order valence-electron chi connectivity index (χ3n) is 6.64. The van der Waals surface area contributed by atoms with Gasteiger partial charge in [0.15, 0.2) is 0 Å². The van der Waals surface area contributed by atoms with Crippen LogP contribution >= 0.6 is 11.3 Å². The highest BCUT2D eigenvalue weighted by atomic mass is 32.1. The first kappa shape index (κ1) is 20.3. The van der Waals surface area contributed by atoms with Crippen LogP contribution in [0.5, 0.6) is 0 Å². The number of fused-ring (bicyclic) bond motifs is 2. The van der Waals surface area contributed by atoms with Crippen LogP contribution in [0.3, 0.4) is 0 Å². The molecule has 6 heteroatoms. The zero-order valence-electron chi connectivity index (χ0n) is 18.3. The molecule has 2 aliphatic rings. The highest BCUT2D eigenvalue weighted by molar-refractivity contribution is 7.21. The molecule has 2 amide bonds. The summed E-state index contributed by atoms with van der Waals surface area (Å²) in [5.74, 6) is -0.255. The molecule has 164 valence electrons. The fraction of sp³-hybridized carbons (Fsp3) is 0.222. The smallest absolute Gasteiger partial charge is 0.251 e. The van der Waals surface area contributed by atoms with Gasteiger partial charge in [-0.05, 0) is 66.4 Å². The maximum absolute atomic E-state index is 13.3. The van der Waals surface area contributed by atoms with Gasteiger partial charge in [-0.3, -0.25) is 14.5 Å². The topological polar surface area (TPSA) is 53.5 Å². The molecule has 1 saturated heterocycles. The lowest BCUT2D eigenvalue weighted by atomic mass is 9.98. The zero-order valence-corrected chi connectivity index (χ0v) is 19.1.